The zero-order chi connectivity index (χ0) is 14.7. The zero-order valence-electron chi connectivity index (χ0n) is 12.6. The highest BCUT2D eigenvalue weighted by atomic mass is 32.2. The molecule has 1 saturated carbocycles. The van der Waals surface area contributed by atoms with E-state index in [4.69, 9.17) is 0 Å². The largest absolute Gasteiger partial charge is 0.338 e. The van der Waals surface area contributed by atoms with Crippen molar-refractivity contribution in [3.05, 3.63) is 18.0 Å². The van der Waals surface area contributed by atoms with E-state index in [0.717, 1.165) is 19.0 Å². The second-order valence-corrected chi connectivity index (χ2v) is 6.93. The lowest BCUT2D eigenvalue weighted by atomic mass is 9.80. The molecule has 0 aromatic carbocycles. The number of nitrogens with zero attached hydrogens (tertiary/aromatic N) is 3. The van der Waals surface area contributed by atoms with Gasteiger partial charge in [0.25, 0.3) is 5.91 Å². The van der Waals surface area contributed by atoms with Gasteiger partial charge in [-0.25, -0.2) is 9.97 Å². The van der Waals surface area contributed by atoms with Crippen LogP contribution in [0.1, 0.15) is 48.9 Å². The second kappa shape index (κ2) is 6.77. The molecule has 21 heavy (non-hydrogen) atoms. The van der Waals surface area contributed by atoms with Crippen molar-refractivity contribution in [1.29, 1.82) is 0 Å². The van der Waals surface area contributed by atoms with Crippen molar-refractivity contribution in [3.63, 3.8) is 0 Å². The van der Waals surface area contributed by atoms with Gasteiger partial charge in [0.05, 0.1) is 5.56 Å². The Morgan fingerprint density at radius 2 is 1.86 bits per heavy atom. The maximum Gasteiger partial charge on any atom is 0.257 e. The lowest BCUT2D eigenvalue weighted by Crippen LogP contribution is -2.30. The van der Waals surface area contributed by atoms with E-state index < -0.39 is 0 Å². The Balaban J connectivity index is 1.60. The van der Waals surface area contributed by atoms with Crippen LogP contribution in [0, 0.1) is 11.8 Å². The molecule has 1 amide bonds. The maximum atomic E-state index is 12.5. The first-order chi connectivity index (χ1) is 10.3. The third-order valence-electron chi connectivity index (χ3n) is 4.89. The highest BCUT2D eigenvalue weighted by Gasteiger charge is 2.32. The fourth-order valence-electron chi connectivity index (χ4n) is 3.68. The number of amides is 1. The second-order valence-electron chi connectivity index (χ2n) is 6.16. The molecule has 4 nitrogen and oxygen atoms in total. The van der Waals surface area contributed by atoms with Crippen LogP contribution >= 0.6 is 11.8 Å². The number of hydrogen-bond donors (Lipinski definition) is 0. The molecule has 0 bridgehead atoms. The topological polar surface area (TPSA) is 46.1 Å². The van der Waals surface area contributed by atoms with Crippen LogP contribution in [-0.4, -0.2) is 40.1 Å². The molecule has 0 spiro atoms. The van der Waals surface area contributed by atoms with Crippen molar-refractivity contribution < 1.29 is 4.79 Å². The Kier molecular flexibility index (Phi) is 4.78. The third kappa shape index (κ3) is 3.39. The fourth-order valence-corrected chi connectivity index (χ4v) is 3.99. The summed E-state index contributed by atoms with van der Waals surface area (Å²) >= 11 is 1.49. The molecule has 2 heterocycles. The summed E-state index contributed by atoms with van der Waals surface area (Å²) in [6.45, 7) is 1.82. The molecule has 1 aliphatic carbocycles. The van der Waals surface area contributed by atoms with Crippen LogP contribution in [0.2, 0.25) is 0 Å². The van der Waals surface area contributed by atoms with E-state index in [1.54, 1.807) is 12.4 Å². The molecule has 2 aliphatic rings. The Labute approximate surface area is 130 Å². The van der Waals surface area contributed by atoms with Crippen molar-refractivity contribution >= 4 is 17.7 Å². The first-order valence-electron chi connectivity index (χ1n) is 7.93. The Morgan fingerprint density at radius 3 is 2.52 bits per heavy atom. The van der Waals surface area contributed by atoms with E-state index in [9.17, 15) is 4.79 Å². The highest BCUT2D eigenvalue weighted by molar-refractivity contribution is 7.98. The van der Waals surface area contributed by atoms with Gasteiger partial charge in [-0.15, -0.1) is 0 Å². The molecule has 1 aromatic rings. The first-order valence-corrected chi connectivity index (χ1v) is 9.15. The molecule has 114 valence electrons. The number of rotatable bonds is 3. The molecular weight excluding hydrogens is 282 g/mol. The Bertz CT molecular complexity index is 485. The van der Waals surface area contributed by atoms with Gasteiger partial charge in [0.15, 0.2) is 5.16 Å². The standard InChI is InChI=1S/C16H23N3OS/c1-21-16-17-9-14(10-18-16)15(20)19-8-7-13(11-19)12-5-3-2-4-6-12/h9-10,12-13H,2-8,11H2,1H3. The fraction of sp³-hybridized carbons (Fsp3) is 0.688. The molecule has 0 radical (unpaired) electrons. The zero-order valence-corrected chi connectivity index (χ0v) is 13.4. The number of likely N-dealkylation sites (tertiary alicyclic amines) is 1. The van der Waals surface area contributed by atoms with E-state index >= 15 is 0 Å². The van der Waals surface area contributed by atoms with Crippen molar-refractivity contribution in [1.82, 2.24) is 14.9 Å². The Morgan fingerprint density at radius 1 is 1.14 bits per heavy atom. The average Bonchev–Trinajstić information content (AvgIpc) is 3.05. The summed E-state index contributed by atoms with van der Waals surface area (Å²) < 4.78 is 0. The summed E-state index contributed by atoms with van der Waals surface area (Å²) in [7, 11) is 0. The van der Waals surface area contributed by atoms with Crippen LogP contribution in [0.5, 0.6) is 0 Å². The quantitative estimate of drug-likeness (QED) is 0.635. The van der Waals surface area contributed by atoms with Gasteiger partial charge in [-0.1, -0.05) is 43.9 Å². The van der Waals surface area contributed by atoms with Gasteiger partial charge in [0.2, 0.25) is 0 Å². The van der Waals surface area contributed by atoms with Crippen LogP contribution in [-0.2, 0) is 0 Å². The van der Waals surface area contributed by atoms with E-state index in [1.807, 2.05) is 11.2 Å². The minimum absolute atomic E-state index is 0.0981. The summed E-state index contributed by atoms with van der Waals surface area (Å²) in [6.07, 6.45) is 13.3. The number of aromatic nitrogens is 2. The summed E-state index contributed by atoms with van der Waals surface area (Å²) in [5, 5.41) is 0.716. The molecular formula is C16H23N3OS. The van der Waals surface area contributed by atoms with Gasteiger partial charge in [-0.3, -0.25) is 4.79 Å². The van der Waals surface area contributed by atoms with Gasteiger partial charge < -0.3 is 4.90 Å². The summed E-state index contributed by atoms with van der Waals surface area (Å²) in [5.41, 5.74) is 0.622. The average molecular weight is 305 g/mol. The van der Waals surface area contributed by atoms with Gasteiger partial charge in [-0.2, -0.15) is 0 Å². The molecule has 5 heteroatoms. The molecule has 2 fully saturated rings. The SMILES string of the molecule is CSc1ncc(C(=O)N2CCC(C3CCCCC3)C2)cn1. The van der Waals surface area contributed by atoms with Gasteiger partial charge in [-0.05, 0) is 24.5 Å². The van der Waals surface area contributed by atoms with E-state index in [0.29, 0.717) is 16.6 Å². The van der Waals surface area contributed by atoms with Crippen LogP contribution < -0.4 is 0 Å². The van der Waals surface area contributed by atoms with Crippen LogP contribution in [0.3, 0.4) is 0 Å². The highest BCUT2D eigenvalue weighted by Crippen LogP contribution is 2.35. The Hall–Kier alpha value is -1.10. The predicted molar refractivity (Wildman–Crippen MR) is 84.4 cm³/mol. The summed E-state index contributed by atoms with van der Waals surface area (Å²) in [5.74, 6) is 1.65. The van der Waals surface area contributed by atoms with Crippen molar-refractivity contribution in [2.24, 2.45) is 11.8 Å². The van der Waals surface area contributed by atoms with Gasteiger partial charge in [0.1, 0.15) is 0 Å². The van der Waals surface area contributed by atoms with Crippen molar-refractivity contribution in [3.8, 4) is 0 Å². The lowest BCUT2D eigenvalue weighted by molar-refractivity contribution is 0.0778. The minimum Gasteiger partial charge on any atom is -0.338 e. The molecule has 0 N–H and O–H groups in total. The monoisotopic (exact) mass is 305 g/mol. The minimum atomic E-state index is 0.0981. The number of carbonyl (C=O) groups excluding carboxylic acids is 1. The summed E-state index contributed by atoms with van der Waals surface area (Å²) in [6, 6.07) is 0. The normalized spacial score (nSPS) is 23.5. The smallest absolute Gasteiger partial charge is 0.257 e. The molecule has 1 saturated heterocycles. The first kappa shape index (κ1) is 14.8. The molecule has 1 aromatic heterocycles. The number of thioether (sulfide) groups is 1. The van der Waals surface area contributed by atoms with Gasteiger partial charge in [0, 0.05) is 25.5 Å². The van der Waals surface area contributed by atoms with E-state index in [-0.39, 0.29) is 5.91 Å². The lowest BCUT2D eigenvalue weighted by Gasteiger charge is -2.27. The molecule has 1 atom stereocenters. The van der Waals surface area contributed by atoms with Crippen molar-refractivity contribution in [2.45, 2.75) is 43.7 Å². The third-order valence-corrected chi connectivity index (χ3v) is 5.46. The van der Waals surface area contributed by atoms with E-state index in [2.05, 4.69) is 9.97 Å². The maximum absolute atomic E-state index is 12.5. The van der Waals surface area contributed by atoms with Gasteiger partial charge >= 0.3 is 0 Å². The van der Waals surface area contributed by atoms with Crippen LogP contribution in [0.25, 0.3) is 0 Å². The summed E-state index contributed by atoms with van der Waals surface area (Å²) in [4.78, 5) is 22.9. The molecule has 3 rings (SSSR count). The van der Waals surface area contributed by atoms with Crippen LogP contribution in [0.15, 0.2) is 17.6 Å². The van der Waals surface area contributed by atoms with E-state index in [1.165, 1.54) is 50.3 Å². The predicted octanol–water partition coefficient (Wildman–Crippen LogP) is 3.24. The number of hydrogen-bond acceptors (Lipinski definition) is 4. The van der Waals surface area contributed by atoms with Crippen LogP contribution in [0.4, 0.5) is 0 Å². The molecule has 1 unspecified atom stereocenters. The molecule has 1 aliphatic heterocycles. The van der Waals surface area contributed by atoms with Crippen molar-refractivity contribution in [2.75, 3.05) is 19.3 Å². The number of carbonyl (C=O) groups is 1.